The maximum Gasteiger partial charge on any atom is 0.338 e. The standard InChI is InChI=1S/C32H48N6O5/c1-7-9-10-22(8-2)18-43-27(40)23-11-13-24(14-12-23)35-30(42)36-25-16-31(4,5)19-32(6,17-25)20-33-29(41)38-28-34-21(3)15-26(39)37-28/h11-15,22,25H,7-10,16-20H2,1-6H3,(H2,35,36,42)(H3,33,34,37,38,39,41). The average molecular weight is 597 g/mol. The first-order valence-corrected chi connectivity index (χ1v) is 15.3. The first-order valence-electron chi connectivity index (χ1n) is 15.3. The fourth-order valence-electron chi connectivity index (χ4n) is 6.17. The van der Waals surface area contributed by atoms with Crippen molar-refractivity contribution in [2.24, 2.45) is 16.7 Å². The van der Waals surface area contributed by atoms with Crippen LogP contribution >= 0.6 is 0 Å². The second-order valence-electron chi connectivity index (χ2n) is 13.0. The van der Waals surface area contributed by atoms with Crippen molar-refractivity contribution in [2.75, 3.05) is 23.8 Å². The van der Waals surface area contributed by atoms with Crippen molar-refractivity contribution in [3.05, 3.63) is 51.9 Å². The van der Waals surface area contributed by atoms with E-state index in [1.807, 2.05) is 0 Å². The topological polar surface area (TPSA) is 154 Å². The molecule has 1 aromatic heterocycles. The Balaban J connectivity index is 1.51. The molecule has 1 heterocycles. The zero-order valence-corrected chi connectivity index (χ0v) is 26.4. The summed E-state index contributed by atoms with van der Waals surface area (Å²) >= 11 is 0. The van der Waals surface area contributed by atoms with Crippen molar-refractivity contribution < 1.29 is 19.1 Å². The highest BCUT2D eigenvalue weighted by atomic mass is 16.5. The molecule has 11 heteroatoms. The number of anilines is 2. The van der Waals surface area contributed by atoms with Crippen molar-refractivity contribution in [3.63, 3.8) is 0 Å². The third-order valence-corrected chi connectivity index (χ3v) is 7.94. The molecule has 3 rings (SSSR count). The Labute approximate surface area is 254 Å². The monoisotopic (exact) mass is 596 g/mol. The predicted molar refractivity (Wildman–Crippen MR) is 168 cm³/mol. The summed E-state index contributed by atoms with van der Waals surface area (Å²) < 4.78 is 5.53. The molecule has 2 aromatic rings. The lowest BCUT2D eigenvalue weighted by Crippen LogP contribution is -2.51. The number of esters is 1. The lowest BCUT2D eigenvalue weighted by Gasteiger charge is -2.46. The van der Waals surface area contributed by atoms with E-state index in [-0.39, 0.29) is 34.8 Å². The van der Waals surface area contributed by atoms with E-state index in [9.17, 15) is 19.2 Å². The van der Waals surface area contributed by atoms with Gasteiger partial charge in [0.05, 0.1) is 12.2 Å². The number of hydrogen-bond acceptors (Lipinski definition) is 6. The fourth-order valence-corrected chi connectivity index (χ4v) is 6.17. The number of H-pyrrole nitrogens is 1. The first-order chi connectivity index (χ1) is 20.3. The van der Waals surface area contributed by atoms with Crippen LogP contribution in [0.3, 0.4) is 0 Å². The molecule has 3 unspecified atom stereocenters. The Kier molecular flexibility index (Phi) is 11.7. The normalized spacial score (nSPS) is 20.0. The van der Waals surface area contributed by atoms with Gasteiger partial charge in [0, 0.05) is 30.0 Å². The zero-order chi connectivity index (χ0) is 31.6. The molecular formula is C32H48N6O5. The summed E-state index contributed by atoms with van der Waals surface area (Å²) in [5, 5.41) is 11.4. The highest BCUT2D eigenvalue weighted by Gasteiger charge is 2.42. The summed E-state index contributed by atoms with van der Waals surface area (Å²) in [7, 11) is 0. The van der Waals surface area contributed by atoms with Crippen LogP contribution in [0.25, 0.3) is 0 Å². The Bertz CT molecular complexity index is 1310. The molecule has 3 atom stereocenters. The SMILES string of the molecule is CCCCC(CC)COC(=O)c1ccc(NC(=O)NC2CC(C)(C)CC(C)(CNC(=O)Nc3nc(=O)cc(C)[nH]3)C2)cc1. The quantitative estimate of drug-likeness (QED) is 0.190. The van der Waals surface area contributed by atoms with Gasteiger partial charge >= 0.3 is 18.0 Å². The average Bonchev–Trinajstić information content (AvgIpc) is 2.90. The van der Waals surface area contributed by atoms with Crippen LogP contribution in [0.2, 0.25) is 0 Å². The molecule has 43 heavy (non-hydrogen) atoms. The molecule has 11 nitrogen and oxygen atoms in total. The summed E-state index contributed by atoms with van der Waals surface area (Å²) in [5.41, 5.74) is 0.836. The minimum atomic E-state index is -0.463. The van der Waals surface area contributed by atoms with E-state index in [4.69, 9.17) is 4.74 Å². The number of unbranched alkanes of at least 4 members (excludes halogenated alkanes) is 1. The number of urea groups is 2. The number of amides is 4. The van der Waals surface area contributed by atoms with E-state index in [1.165, 1.54) is 6.07 Å². The fraction of sp³-hybridized carbons (Fsp3) is 0.594. The molecule has 1 fully saturated rings. The van der Waals surface area contributed by atoms with Crippen LogP contribution < -0.4 is 26.8 Å². The molecule has 1 aliphatic rings. The number of nitrogens with one attached hydrogen (secondary N) is 5. The second kappa shape index (κ2) is 15.0. The number of ether oxygens (including phenoxy) is 1. The van der Waals surface area contributed by atoms with Gasteiger partial charge in [-0.15, -0.1) is 0 Å². The van der Waals surface area contributed by atoms with Crippen LogP contribution in [0.4, 0.5) is 21.2 Å². The number of aromatic nitrogens is 2. The predicted octanol–water partition coefficient (Wildman–Crippen LogP) is 5.98. The van der Waals surface area contributed by atoms with Crippen molar-refractivity contribution in [2.45, 2.75) is 92.5 Å². The van der Waals surface area contributed by atoms with Gasteiger partial charge in [0.25, 0.3) is 5.56 Å². The smallest absolute Gasteiger partial charge is 0.338 e. The van der Waals surface area contributed by atoms with Gasteiger partial charge in [-0.05, 0) is 73.6 Å². The summed E-state index contributed by atoms with van der Waals surface area (Å²) in [6.07, 6.45) is 6.59. The van der Waals surface area contributed by atoms with Gasteiger partial charge in [-0.25, -0.2) is 14.4 Å². The third-order valence-electron chi connectivity index (χ3n) is 7.94. The minimum absolute atomic E-state index is 0.0677. The maximum absolute atomic E-state index is 12.9. The molecule has 0 saturated heterocycles. The molecule has 1 saturated carbocycles. The van der Waals surface area contributed by atoms with Gasteiger partial charge in [-0.1, -0.05) is 53.9 Å². The molecule has 4 amide bonds. The van der Waals surface area contributed by atoms with Crippen LogP contribution in [0.15, 0.2) is 35.1 Å². The number of rotatable bonds is 12. The maximum atomic E-state index is 12.9. The summed E-state index contributed by atoms with van der Waals surface area (Å²) in [6.45, 7) is 13.2. The van der Waals surface area contributed by atoms with E-state index >= 15 is 0 Å². The number of hydrogen-bond donors (Lipinski definition) is 5. The molecule has 5 N–H and O–H groups in total. The molecule has 1 aliphatic carbocycles. The number of nitrogens with zero attached hydrogens (tertiary/aromatic N) is 1. The molecule has 236 valence electrons. The number of aromatic amines is 1. The van der Waals surface area contributed by atoms with Crippen LogP contribution in [-0.2, 0) is 4.74 Å². The highest BCUT2D eigenvalue weighted by molar-refractivity contribution is 5.92. The van der Waals surface area contributed by atoms with Gasteiger partial charge in [-0.2, -0.15) is 4.98 Å². The largest absolute Gasteiger partial charge is 0.462 e. The van der Waals surface area contributed by atoms with Crippen molar-refractivity contribution in [1.29, 1.82) is 0 Å². The van der Waals surface area contributed by atoms with Crippen LogP contribution in [0, 0.1) is 23.7 Å². The molecular weight excluding hydrogens is 548 g/mol. The van der Waals surface area contributed by atoms with Gasteiger partial charge in [0.2, 0.25) is 5.95 Å². The van der Waals surface area contributed by atoms with Crippen LogP contribution in [0.5, 0.6) is 0 Å². The highest BCUT2D eigenvalue weighted by Crippen LogP contribution is 2.45. The Morgan fingerprint density at radius 1 is 1.07 bits per heavy atom. The molecule has 0 aliphatic heterocycles. The third kappa shape index (κ3) is 11.0. The number of aryl methyl sites for hydroxylation is 1. The van der Waals surface area contributed by atoms with E-state index in [0.29, 0.717) is 42.4 Å². The van der Waals surface area contributed by atoms with Crippen LogP contribution in [-0.4, -0.2) is 47.2 Å². The molecule has 0 spiro atoms. The number of carbonyl (C=O) groups is 3. The van der Waals surface area contributed by atoms with E-state index in [1.54, 1.807) is 31.2 Å². The minimum Gasteiger partial charge on any atom is -0.462 e. The molecule has 0 radical (unpaired) electrons. The van der Waals surface area contributed by atoms with Crippen molar-refractivity contribution >= 4 is 29.7 Å². The van der Waals surface area contributed by atoms with Crippen molar-refractivity contribution in [1.82, 2.24) is 20.6 Å². The van der Waals surface area contributed by atoms with Gasteiger partial charge in [0.1, 0.15) is 0 Å². The number of benzene rings is 1. The van der Waals surface area contributed by atoms with E-state index in [0.717, 1.165) is 38.5 Å². The first kappa shape index (κ1) is 33.6. The summed E-state index contributed by atoms with van der Waals surface area (Å²) in [4.78, 5) is 56.2. The lowest BCUT2D eigenvalue weighted by molar-refractivity contribution is 0.0428. The van der Waals surface area contributed by atoms with Crippen molar-refractivity contribution in [3.8, 4) is 0 Å². The lowest BCUT2D eigenvalue weighted by atomic mass is 9.62. The number of carbonyl (C=O) groups excluding carboxylic acids is 3. The molecule has 1 aromatic carbocycles. The molecule has 0 bridgehead atoms. The van der Waals surface area contributed by atoms with Gasteiger partial charge in [0.15, 0.2) is 0 Å². The van der Waals surface area contributed by atoms with Gasteiger partial charge in [-0.3, -0.25) is 10.1 Å². The summed E-state index contributed by atoms with van der Waals surface area (Å²) in [6, 6.07) is 7.14. The van der Waals surface area contributed by atoms with E-state index in [2.05, 4.69) is 65.9 Å². The Hall–Kier alpha value is -3.89. The summed E-state index contributed by atoms with van der Waals surface area (Å²) in [5.74, 6) is 0.0986. The Morgan fingerprint density at radius 3 is 2.44 bits per heavy atom. The second-order valence-corrected chi connectivity index (χ2v) is 13.0. The van der Waals surface area contributed by atoms with Crippen LogP contribution in [0.1, 0.15) is 95.6 Å². The van der Waals surface area contributed by atoms with E-state index < -0.39 is 11.6 Å². The Morgan fingerprint density at radius 2 is 1.79 bits per heavy atom. The van der Waals surface area contributed by atoms with Gasteiger partial charge < -0.3 is 25.7 Å². The zero-order valence-electron chi connectivity index (χ0n) is 26.4.